The number of halogens is 2. The molecule has 0 bridgehead atoms. The third-order valence-electron chi connectivity index (χ3n) is 3.27. The average Bonchev–Trinajstić information content (AvgIpc) is 3.03. The summed E-state index contributed by atoms with van der Waals surface area (Å²) >= 11 is 2.19. The minimum Gasteiger partial charge on any atom is -0.298 e. The van der Waals surface area contributed by atoms with Crippen LogP contribution in [0.2, 0.25) is 0 Å². The Morgan fingerprint density at radius 1 is 1.27 bits per heavy atom. The summed E-state index contributed by atoms with van der Waals surface area (Å²) in [6.07, 6.45) is 0. The van der Waals surface area contributed by atoms with Crippen molar-refractivity contribution in [2.75, 3.05) is 10.0 Å². The molecule has 1 amide bonds. The van der Waals surface area contributed by atoms with Gasteiger partial charge in [-0.25, -0.2) is 13.6 Å². The summed E-state index contributed by atoms with van der Waals surface area (Å²) in [5.74, 6) is -1.21. The van der Waals surface area contributed by atoms with Crippen LogP contribution in [0.3, 0.4) is 0 Å². The largest absolute Gasteiger partial charge is 0.298 e. The van der Waals surface area contributed by atoms with E-state index in [0.29, 0.717) is 10.8 Å². The van der Waals surface area contributed by atoms with Crippen molar-refractivity contribution in [2.24, 2.45) is 0 Å². The average molecular weight is 456 g/mol. The Hall–Kier alpha value is -2.14. The third kappa shape index (κ3) is 4.52. The summed E-state index contributed by atoms with van der Waals surface area (Å²) in [5.41, 5.74) is 1.51. The first-order valence-corrected chi connectivity index (χ1v) is 9.90. The van der Waals surface area contributed by atoms with Gasteiger partial charge in [-0.05, 0) is 30.3 Å². The van der Waals surface area contributed by atoms with Crippen molar-refractivity contribution >= 4 is 55.3 Å². The van der Waals surface area contributed by atoms with Crippen LogP contribution in [0, 0.1) is 5.82 Å². The van der Waals surface area contributed by atoms with Gasteiger partial charge in [0.05, 0.1) is 16.9 Å². The molecule has 3 rings (SSSR count). The molecule has 0 fully saturated rings. The number of carbonyl (C=O) groups is 1. The van der Waals surface area contributed by atoms with Crippen LogP contribution in [0.4, 0.5) is 15.2 Å². The van der Waals surface area contributed by atoms with Crippen molar-refractivity contribution < 1.29 is 17.9 Å². The number of rotatable bonds is 5. The van der Waals surface area contributed by atoms with E-state index in [1.54, 1.807) is 5.38 Å². The zero-order chi connectivity index (χ0) is 18.7. The number of hydrogen-bond donors (Lipinski definition) is 3. The van der Waals surface area contributed by atoms with E-state index in [2.05, 4.69) is 31.0 Å². The number of aromatic nitrogens is 1. The Morgan fingerprint density at radius 3 is 2.81 bits per heavy atom. The summed E-state index contributed by atoms with van der Waals surface area (Å²) in [5, 5.41) is 4.76. The van der Waals surface area contributed by atoms with Gasteiger partial charge in [0.1, 0.15) is 5.82 Å². The molecule has 134 valence electrons. The van der Waals surface area contributed by atoms with Gasteiger partial charge in [-0.2, -0.15) is 0 Å². The van der Waals surface area contributed by atoms with E-state index in [1.807, 2.05) is 24.3 Å². The molecule has 0 saturated carbocycles. The molecule has 0 aliphatic carbocycles. The lowest BCUT2D eigenvalue weighted by atomic mass is 10.1. The molecule has 0 saturated heterocycles. The van der Waals surface area contributed by atoms with Crippen molar-refractivity contribution in [2.45, 2.75) is 0 Å². The number of anilines is 2. The molecule has 10 heteroatoms. The van der Waals surface area contributed by atoms with E-state index < -0.39 is 23.0 Å². The van der Waals surface area contributed by atoms with Gasteiger partial charge in [-0.15, -0.1) is 11.3 Å². The summed E-state index contributed by atoms with van der Waals surface area (Å²) in [4.78, 5) is 16.8. The van der Waals surface area contributed by atoms with Gasteiger partial charge in [0.25, 0.3) is 17.2 Å². The summed E-state index contributed by atoms with van der Waals surface area (Å²) < 4.78 is 36.2. The molecule has 1 atom stereocenters. The predicted octanol–water partition coefficient (Wildman–Crippen LogP) is 4.51. The molecule has 3 aromatic rings. The monoisotopic (exact) mass is 455 g/mol. The number of carbonyl (C=O) groups excluding carboxylic acids is 1. The molecule has 6 nitrogen and oxygen atoms in total. The molecule has 3 N–H and O–H groups in total. The fourth-order valence-corrected chi connectivity index (χ4v) is 3.64. The van der Waals surface area contributed by atoms with E-state index in [9.17, 15) is 13.4 Å². The molecule has 0 aliphatic heterocycles. The van der Waals surface area contributed by atoms with Gasteiger partial charge in [0.15, 0.2) is 5.13 Å². The Labute approximate surface area is 163 Å². The molecule has 0 aliphatic rings. The maximum Gasteiger partial charge on any atom is 0.259 e. The minimum absolute atomic E-state index is 0.0213. The number of hydrogen-bond acceptors (Lipinski definition) is 4. The first kappa shape index (κ1) is 18.6. The molecule has 0 radical (unpaired) electrons. The van der Waals surface area contributed by atoms with Gasteiger partial charge in [0.2, 0.25) is 0 Å². The summed E-state index contributed by atoms with van der Waals surface area (Å²) in [7, 11) is 0. The zero-order valence-electron chi connectivity index (χ0n) is 12.9. The van der Waals surface area contributed by atoms with Crippen molar-refractivity contribution in [1.29, 1.82) is 0 Å². The quantitative estimate of drug-likeness (QED) is 0.493. The standard InChI is InChI=1S/C16H11BrFN3O3S2/c17-10-3-1-2-9(6-10)14-8-25-16(19-14)20-15(22)12-5-4-11(18)7-13(12)21-26(23)24/h1-8,21H,(H,23,24)(H,19,20,22). The molecule has 2 aromatic carbocycles. The highest BCUT2D eigenvalue weighted by Crippen LogP contribution is 2.27. The molecular weight excluding hydrogens is 445 g/mol. The van der Waals surface area contributed by atoms with Gasteiger partial charge in [0, 0.05) is 15.4 Å². The third-order valence-corrected chi connectivity index (χ3v) is 4.91. The van der Waals surface area contributed by atoms with Crippen LogP contribution < -0.4 is 10.0 Å². The van der Waals surface area contributed by atoms with Crippen LogP contribution in [0.15, 0.2) is 52.3 Å². The second kappa shape index (κ2) is 8.04. The van der Waals surface area contributed by atoms with Crippen LogP contribution >= 0.6 is 27.3 Å². The second-order valence-electron chi connectivity index (χ2n) is 5.04. The SMILES string of the molecule is O=C(Nc1nc(-c2cccc(Br)c2)cs1)c1ccc(F)cc1NS(=O)O. The van der Waals surface area contributed by atoms with Crippen LogP contribution in [-0.2, 0) is 11.3 Å². The van der Waals surface area contributed by atoms with Crippen LogP contribution in [0.5, 0.6) is 0 Å². The molecule has 0 spiro atoms. The molecule has 1 unspecified atom stereocenters. The topological polar surface area (TPSA) is 91.3 Å². The smallest absolute Gasteiger partial charge is 0.259 e. The van der Waals surface area contributed by atoms with Crippen LogP contribution in [0.1, 0.15) is 10.4 Å². The van der Waals surface area contributed by atoms with Gasteiger partial charge < -0.3 is 0 Å². The second-order valence-corrected chi connectivity index (χ2v) is 7.52. The number of nitrogens with one attached hydrogen (secondary N) is 2. The van der Waals surface area contributed by atoms with Gasteiger partial charge >= 0.3 is 0 Å². The Balaban J connectivity index is 1.82. The summed E-state index contributed by atoms with van der Waals surface area (Å²) in [6, 6.07) is 10.9. The Morgan fingerprint density at radius 2 is 2.08 bits per heavy atom. The highest BCUT2D eigenvalue weighted by molar-refractivity contribution is 9.10. The highest BCUT2D eigenvalue weighted by atomic mass is 79.9. The lowest BCUT2D eigenvalue weighted by Crippen LogP contribution is -2.15. The Kier molecular flexibility index (Phi) is 5.77. The lowest BCUT2D eigenvalue weighted by molar-refractivity contribution is 0.102. The number of thiazole rings is 1. The van der Waals surface area contributed by atoms with E-state index in [1.165, 1.54) is 17.4 Å². The summed E-state index contributed by atoms with van der Waals surface area (Å²) in [6.45, 7) is 0. The molecule has 26 heavy (non-hydrogen) atoms. The molecule has 1 heterocycles. The van der Waals surface area contributed by atoms with E-state index in [0.717, 1.165) is 22.2 Å². The van der Waals surface area contributed by atoms with Crippen molar-refractivity contribution in [3.8, 4) is 11.3 Å². The van der Waals surface area contributed by atoms with Crippen LogP contribution in [-0.4, -0.2) is 19.7 Å². The first-order valence-electron chi connectivity index (χ1n) is 7.12. The Bertz CT molecular complexity index is 996. The van der Waals surface area contributed by atoms with Gasteiger partial charge in [-0.1, -0.05) is 28.1 Å². The van der Waals surface area contributed by atoms with Crippen molar-refractivity contribution in [3.05, 3.63) is 63.7 Å². The zero-order valence-corrected chi connectivity index (χ0v) is 16.1. The molecule has 1 aromatic heterocycles. The number of amides is 1. The van der Waals surface area contributed by atoms with Crippen molar-refractivity contribution in [3.63, 3.8) is 0 Å². The fraction of sp³-hybridized carbons (Fsp3) is 0. The van der Waals surface area contributed by atoms with E-state index in [4.69, 9.17) is 4.55 Å². The lowest BCUT2D eigenvalue weighted by Gasteiger charge is -2.09. The van der Waals surface area contributed by atoms with E-state index >= 15 is 0 Å². The van der Waals surface area contributed by atoms with Gasteiger partial charge in [-0.3, -0.25) is 19.4 Å². The molecular formula is C16H11BrFN3O3S2. The highest BCUT2D eigenvalue weighted by Gasteiger charge is 2.16. The first-order chi connectivity index (χ1) is 12.4. The van der Waals surface area contributed by atoms with Crippen molar-refractivity contribution in [1.82, 2.24) is 4.98 Å². The predicted molar refractivity (Wildman–Crippen MR) is 104 cm³/mol. The maximum absolute atomic E-state index is 13.3. The minimum atomic E-state index is -2.44. The number of benzene rings is 2. The van der Waals surface area contributed by atoms with Crippen LogP contribution in [0.25, 0.3) is 11.3 Å². The normalized spacial score (nSPS) is 11.8. The number of nitrogens with zero attached hydrogens (tertiary/aromatic N) is 1. The maximum atomic E-state index is 13.3. The fourth-order valence-electron chi connectivity index (χ4n) is 2.17. The van der Waals surface area contributed by atoms with E-state index in [-0.39, 0.29) is 11.3 Å².